The first-order chi connectivity index (χ1) is 18.2. The van der Waals surface area contributed by atoms with Gasteiger partial charge in [0.1, 0.15) is 23.1 Å². The molecular formula is C26H28ClF2N5O4. The van der Waals surface area contributed by atoms with Crippen LogP contribution in [0, 0.1) is 0 Å². The second kappa shape index (κ2) is 11.8. The molecule has 3 aromatic rings. The van der Waals surface area contributed by atoms with Crippen LogP contribution in [0.5, 0.6) is 11.6 Å². The van der Waals surface area contributed by atoms with E-state index in [2.05, 4.69) is 15.4 Å². The third-order valence-electron chi connectivity index (χ3n) is 6.36. The molecule has 1 aliphatic heterocycles. The Morgan fingerprint density at radius 2 is 2.00 bits per heavy atom. The number of hydrogen-bond donors (Lipinski definition) is 1. The minimum atomic E-state index is -2.83. The van der Waals surface area contributed by atoms with Gasteiger partial charge in [-0.15, -0.1) is 0 Å². The van der Waals surface area contributed by atoms with E-state index in [1.54, 1.807) is 29.2 Å². The second-order valence-corrected chi connectivity index (χ2v) is 9.45. The van der Waals surface area contributed by atoms with Crippen molar-refractivity contribution >= 4 is 23.4 Å². The quantitative estimate of drug-likeness (QED) is 0.438. The zero-order valence-electron chi connectivity index (χ0n) is 21.2. The maximum Gasteiger partial charge on any atom is 0.333 e. The smallest absolute Gasteiger partial charge is 0.333 e. The maximum atomic E-state index is 13.2. The Labute approximate surface area is 223 Å². The Hall–Kier alpha value is -3.73. The molecule has 0 saturated carbocycles. The number of methoxy groups -OCH3 is 1. The molecule has 1 saturated heterocycles. The van der Waals surface area contributed by atoms with Gasteiger partial charge in [-0.1, -0.05) is 23.7 Å². The molecule has 1 N–H and O–H groups in total. The standard InChI is InChI=1S/C26H28ClF2N5O4/c1-15-10-20(8-9-33(15)16(2)35)38-22-11-21(24(36)30-12-17-4-6-19(27)7-5-17)25(37-3)32-23(22)18-13-31-34(14-18)26(28)29/h4-7,11,13-15,20,26H,8-10,12H2,1-3H3,(H,30,36)/t15-,20-/m1/s1. The van der Waals surface area contributed by atoms with Gasteiger partial charge in [-0.05, 0) is 24.6 Å². The van der Waals surface area contributed by atoms with Crippen molar-refractivity contribution in [2.75, 3.05) is 13.7 Å². The zero-order chi connectivity index (χ0) is 27.4. The fraction of sp³-hybridized carbons (Fsp3) is 0.385. The topological polar surface area (TPSA) is 98.6 Å². The van der Waals surface area contributed by atoms with Crippen LogP contribution in [0.15, 0.2) is 42.7 Å². The summed E-state index contributed by atoms with van der Waals surface area (Å²) in [7, 11) is 1.37. The number of alkyl halides is 2. The van der Waals surface area contributed by atoms with Gasteiger partial charge in [0.15, 0.2) is 0 Å². The van der Waals surface area contributed by atoms with E-state index in [0.717, 1.165) is 11.8 Å². The summed E-state index contributed by atoms with van der Waals surface area (Å²) in [6.45, 7) is 1.38. The van der Waals surface area contributed by atoms with Crippen molar-refractivity contribution in [1.29, 1.82) is 0 Å². The Balaban J connectivity index is 1.65. The highest BCUT2D eigenvalue weighted by Crippen LogP contribution is 2.35. The molecule has 202 valence electrons. The Morgan fingerprint density at radius 1 is 1.26 bits per heavy atom. The van der Waals surface area contributed by atoms with E-state index in [4.69, 9.17) is 21.1 Å². The molecule has 9 nitrogen and oxygen atoms in total. The normalized spacial score (nSPS) is 17.4. The summed E-state index contributed by atoms with van der Waals surface area (Å²) < 4.78 is 38.6. The monoisotopic (exact) mass is 547 g/mol. The Kier molecular flexibility index (Phi) is 8.45. The van der Waals surface area contributed by atoms with Gasteiger partial charge in [0.05, 0.1) is 13.3 Å². The first-order valence-corrected chi connectivity index (χ1v) is 12.4. The van der Waals surface area contributed by atoms with E-state index in [-0.39, 0.29) is 53.0 Å². The minimum Gasteiger partial charge on any atom is -0.488 e. The van der Waals surface area contributed by atoms with Crippen LogP contribution >= 0.6 is 11.6 Å². The summed E-state index contributed by atoms with van der Waals surface area (Å²) in [5.41, 5.74) is 1.45. The number of carbonyl (C=O) groups excluding carboxylic acids is 2. The predicted molar refractivity (Wildman–Crippen MR) is 136 cm³/mol. The number of rotatable bonds is 8. The first kappa shape index (κ1) is 27.3. The third-order valence-corrected chi connectivity index (χ3v) is 6.61. The summed E-state index contributed by atoms with van der Waals surface area (Å²) >= 11 is 5.93. The van der Waals surface area contributed by atoms with E-state index >= 15 is 0 Å². The van der Waals surface area contributed by atoms with E-state index in [0.29, 0.717) is 29.1 Å². The average Bonchev–Trinajstić information content (AvgIpc) is 3.38. The van der Waals surface area contributed by atoms with Crippen LogP contribution in [0.3, 0.4) is 0 Å². The van der Waals surface area contributed by atoms with Crippen LogP contribution in [0.4, 0.5) is 8.78 Å². The molecule has 12 heteroatoms. The van der Waals surface area contributed by atoms with E-state index in [1.165, 1.54) is 26.3 Å². The molecule has 2 amide bonds. The lowest BCUT2D eigenvalue weighted by molar-refractivity contribution is -0.133. The SMILES string of the molecule is COc1nc(-c2cnn(C(F)F)c2)c(O[C@@H]2CCN(C(C)=O)[C@H](C)C2)cc1C(=O)NCc1ccc(Cl)cc1. The summed E-state index contributed by atoms with van der Waals surface area (Å²) in [4.78, 5) is 31.3. The lowest BCUT2D eigenvalue weighted by atomic mass is 10.0. The van der Waals surface area contributed by atoms with Gasteiger partial charge in [0.2, 0.25) is 11.8 Å². The highest BCUT2D eigenvalue weighted by atomic mass is 35.5. The van der Waals surface area contributed by atoms with E-state index < -0.39 is 12.5 Å². The van der Waals surface area contributed by atoms with Crippen LogP contribution in [0.1, 0.15) is 49.2 Å². The number of nitrogens with one attached hydrogen (secondary N) is 1. The molecule has 1 aliphatic rings. The number of piperidine rings is 1. The Bertz CT molecular complexity index is 1300. The fourth-order valence-electron chi connectivity index (χ4n) is 4.42. The molecule has 0 bridgehead atoms. The lowest BCUT2D eigenvalue weighted by Gasteiger charge is -2.37. The first-order valence-electron chi connectivity index (χ1n) is 12.0. The summed E-state index contributed by atoms with van der Waals surface area (Å²) in [5.74, 6) is -0.235. The fourth-order valence-corrected chi connectivity index (χ4v) is 4.55. The number of hydrogen-bond acceptors (Lipinski definition) is 6. The molecule has 1 aromatic carbocycles. The molecule has 0 aliphatic carbocycles. The lowest BCUT2D eigenvalue weighted by Crippen LogP contribution is -2.46. The largest absolute Gasteiger partial charge is 0.488 e. The van der Waals surface area contributed by atoms with Crippen molar-refractivity contribution in [3.8, 4) is 22.9 Å². The number of amides is 2. The molecule has 38 heavy (non-hydrogen) atoms. The van der Waals surface area contributed by atoms with Crippen LogP contribution in [-0.4, -0.2) is 57.3 Å². The number of carbonyl (C=O) groups is 2. The number of ether oxygens (including phenoxy) is 2. The average molecular weight is 548 g/mol. The summed E-state index contributed by atoms with van der Waals surface area (Å²) in [6, 6.07) is 8.49. The summed E-state index contributed by atoms with van der Waals surface area (Å²) in [6.07, 6.45) is 3.23. The molecule has 2 aromatic heterocycles. The van der Waals surface area contributed by atoms with Crippen molar-refractivity contribution in [3.05, 3.63) is 58.9 Å². The van der Waals surface area contributed by atoms with Crippen molar-refractivity contribution < 1.29 is 27.8 Å². The molecule has 0 radical (unpaired) electrons. The second-order valence-electron chi connectivity index (χ2n) is 9.01. The van der Waals surface area contributed by atoms with Crippen molar-refractivity contribution in [1.82, 2.24) is 25.0 Å². The van der Waals surface area contributed by atoms with Crippen LogP contribution in [-0.2, 0) is 11.3 Å². The van der Waals surface area contributed by atoms with Crippen molar-refractivity contribution in [2.45, 2.75) is 51.9 Å². The number of halogens is 3. The number of benzene rings is 1. The van der Waals surface area contributed by atoms with Crippen molar-refractivity contribution in [3.63, 3.8) is 0 Å². The molecule has 0 unspecified atom stereocenters. The number of aromatic nitrogens is 3. The molecule has 3 heterocycles. The summed E-state index contributed by atoms with van der Waals surface area (Å²) in [5, 5.41) is 7.11. The van der Waals surface area contributed by atoms with Gasteiger partial charge in [-0.25, -0.2) is 9.67 Å². The number of nitrogens with zero attached hydrogens (tertiary/aromatic N) is 4. The van der Waals surface area contributed by atoms with Gasteiger partial charge in [0.25, 0.3) is 5.91 Å². The van der Waals surface area contributed by atoms with Gasteiger partial charge in [-0.2, -0.15) is 13.9 Å². The molecule has 0 spiro atoms. The molecule has 4 rings (SSSR count). The third kappa shape index (κ3) is 6.21. The van der Waals surface area contributed by atoms with Gasteiger partial charge in [0, 0.05) is 61.7 Å². The number of pyridine rings is 1. The van der Waals surface area contributed by atoms with Crippen molar-refractivity contribution in [2.24, 2.45) is 0 Å². The zero-order valence-corrected chi connectivity index (χ0v) is 21.9. The van der Waals surface area contributed by atoms with Crippen LogP contribution < -0.4 is 14.8 Å². The number of likely N-dealkylation sites (tertiary alicyclic amines) is 1. The Morgan fingerprint density at radius 3 is 2.61 bits per heavy atom. The highest BCUT2D eigenvalue weighted by molar-refractivity contribution is 6.30. The van der Waals surface area contributed by atoms with Gasteiger partial charge in [-0.3, -0.25) is 9.59 Å². The van der Waals surface area contributed by atoms with Gasteiger partial charge < -0.3 is 19.7 Å². The van der Waals surface area contributed by atoms with E-state index in [9.17, 15) is 18.4 Å². The maximum absolute atomic E-state index is 13.2. The molecule has 1 fully saturated rings. The molecule has 2 atom stereocenters. The van der Waals surface area contributed by atoms with Crippen LogP contribution in [0.2, 0.25) is 5.02 Å². The predicted octanol–water partition coefficient (Wildman–Crippen LogP) is 4.71. The van der Waals surface area contributed by atoms with E-state index in [1.807, 2.05) is 6.92 Å². The molecular weight excluding hydrogens is 520 g/mol. The minimum absolute atomic E-state index is 0.00511. The van der Waals surface area contributed by atoms with Gasteiger partial charge >= 0.3 is 6.55 Å². The van der Waals surface area contributed by atoms with Crippen LogP contribution in [0.25, 0.3) is 11.3 Å². The highest BCUT2D eigenvalue weighted by Gasteiger charge is 2.30.